The van der Waals surface area contributed by atoms with Gasteiger partial charge in [-0.1, -0.05) is 30.7 Å². The molecular formula is C22H35IN4O. The summed E-state index contributed by atoms with van der Waals surface area (Å²) in [5.41, 5.74) is 2.90. The normalized spacial score (nSPS) is 17.8. The maximum absolute atomic E-state index is 5.30. The number of hydrogen-bond acceptors (Lipinski definition) is 3. The smallest absolute Gasteiger partial charge is 0.191 e. The molecule has 1 aromatic rings. The Morgan fingerprint density at radius 3 is 2.43 bits per heavy atom. The lowest BCUT2D eigenvalue weighted by Crippen LogP contribution is -2.46. The largest absolute Gasteiger partial charge is 0.385 e. The highest BCUT2D eigenvalue weighted by atomic mass is 127. The van der Waals surface area contributed by atoms with Crippen LogP contribution in [0.25, 0.3) is 0 Å². The molecule has 5 nitrogen and oxygen atoms in total. The third-order valence-electron chi connectivity index (χ3n) is 5.77. The van der Waals surface area contributed by atoms with E-state index in [-0.39, 0.29) is 24.0 Å². The topological polar surface area (TPSA) is 48.9 Å². The van der Waals surface area contributed by atoms with Gasteiger partial charge in [-0.25, -0.2) is 4.99 Å². The number of aliphatic imine (C=N–C) groups is 1. The van der Waals surface area contributed by atoms with Crippen molar-refractivity contribution in [2.45, 2.75) is 39.2 Å². The number of anilines is 1. The molecule has 0 spiro atoms. The van der Waals surface area contributed by atoms with E-state index in [0.717, 1.165) is 45.2 Å². The molecule has 156 valence electrons. The molecule has 0 aromatic heterocycles. The maximum Gasteiger partial charge on any atom is 0.191 e. The van der Waals surface area contributed by atoms with Crippen molar-refractivity contribution in [3.8, 4) is 0 Å². The summed E-state index contributed by atoms with van der Waals surface area (Å²) in [6.07, 6.45) is 9.47. The first-order valence-electron chi connectivity index (χ1n) is 10.2. The zero-order valence-corrected chi connectivity index (χ0v) is 19.6. The molecule has 2 N–H and O–H groups in total. The second-order valence-corrected chi connectivity index (χ2v) is 7.69. The number of methoxy groups -OCH3 is 1. The summed E-state index contributed by atoms with van der Waals surface area (Å²) in [4.78, 5) is 7.15. The van der Waals surface area contributed by atoms with Crippen molar-refractivity contribution < 1.29 is 4.74 Å². The molecule has 0 amide bonds. The minimum absolute atomic E-state index is 0. The van der Waals surface area contributed by atoms with Crippen LogP contribution in [0.5, 0.6) is 0 Å². The van der Waals surface area contributed by atoms with Gasteiger partial charge in [-0.15, -0.1) is 24.0 Å². The van der Waals surface area contributed by atoms with Crippen LogP contribution in [0.1, 0.15) is 38.2 Å². The van der Waals surface area contributed by atoms with Crippen LogP contribution < -0.4 is 15.5 Å². The maximum atomic E-state index is 5.30. The van der Waals surface area contributed by atoms with Crippen LogP contribution >= 0.6 is 24.0 Å². The third-order valence-corrected chi connectivity index (χ3v) is 5.77. The molecule has 1 fully saturated rings. The lowest BCUT2D eigenvalue weighted by atomic mass is 9.67. The first-order valence-corrected chi connectivity index (χ1v) is 10.2. The first kappa shape index (κ1) is 23.0. The summed E-state index contributed by atoms with van der Waals surface area (Å²) in [6, 6.07) is 8.78. The van der Waals surface area contributed by atoms with Gasteiger partial charge in [0.2, 0.25) is 0 Å². The van der Waals surface area contributed by atoms with Crippen molar-refractivity contribution in [3.63, 3.8) is 0 Å². The van der Waals surface area contributed by atoms with Gasteiger partial charge in [0.1, 0.15) is 0 Å². The number of benzene rings is 1. The van der Waals surface area contributed by atoms with Crippen molar-refractivity contribution in [3.05, 3.63) is 42.0 Å². The average molecular weight is 498 g/mol. The Hall–Kier alpha value is -1.28. The lowest BCUT2D eigenvalue weighted by Gasteiger charge is -2.42. The summed E-state index contributed by atoms with van der Waals surface area (Å²) in [5.74, 6) is 0.911. The van der Waals surface area contributed by atoms with E-state index in [4.69, 9.17) is 9.73 Å². The van der Waals surface area contributed by atoms with Gasteiger partial charge in [0.25, 0.3) is 0 Å². The van der Waals surface area contributed by atoms with E-state index in [9.17, 15) is 0 Å². The predicted octanol–water partition coefficient (Wildman–Crippen LogP) is 3.94. The minimum Gasteiger partial charge on any atom is -0.385 e. The molecule has 1 saturated carbocycles. The van der Waals surface area contributed by atoms with E-state index in [0.29, 0.717) is 12.0 Å². The molecule has 3 rings (SSSR count). The van der Waals surface area contributed by atoms with Crippen LogP contribution in [-0.4, -0.2) is 45.9 Å². The summed E-state index contributed by atoms with van der Waals surface area (Å²) in [5, 5.41) is 6.94. The number of guanidine groups is 1. The molecule has 1 aromatic carbocycles. The fourth-order valence-corrected chi connectivity index (χ4v) is 3.79. The van der Waals surface area contributed by atoms with Crippen molar-refractivity contribution in [2.75, 3.05) is 44.8 Å². The minimum atomic E-state index is 0. The molecule has 1 aliphatic heterocycles. The second-order valence-electron chi connectivity index (χ2n) is 7.69. The summed E-state index contributed by atoms with van der Waals surface area (Å²) in [6.45, 7) is 7.52. The monoisotopic (exact) mass is 498 g/mol. The van der Waals surface area contributed by atoms with E-state index in [1.54, 1.807) is 7.11 Å². The van der Waals surface area contributed by atoms with Crippen molar-refractivity contribution in [1.29, 1.82) is 0 Å². The molecule has 0 radical (unpaired) electrons. The molecule has 28 heavy (non-hydrogen) atoms. The molecule has 0 unspecified atom stereocenters. The molecular weight excluding hydrogens is 463 g/mol. The number of halogens is 1. The predicted molar refractivity (Wildman–Crippen MR) is 129 cm³/mol. The average Bonchev–Trinajstić information content (AvgIpc) is 3.20. The number of nitrogens with one attached hydrogen (secondary N) is 2. The standard InChI is InChI=1S/C22H34N4O.HI/c1-3-23-21(25-18-22(11-6-12-22)13-16-27-2)24-17-19-7-9-20(10-8-19)26-14-4-5-15-26;/h4-5,7-10H,3,6,11-18H2,1-2H3,(H2,23,24,25);1H. The van der Waals surface area contributed by atoms with Gasteiger partial charge < -0.3 is 20.3 Å². The van der Waals surface area contributed by atoms with Crippen LogP contribution in [0.15, 0.2) is 41.4 Å². The summed E-state index contributed by atoms with van der Waals surface area (Å²) in [7, 11) is 1.79. The molecule has 0 bridgehead atoms. The zero-order chi connectivity index (χ0) is 19.0. The highest BCUT2D eigenvalue weighted by Gasteiger charge is 2.36. The Bertz CT molecular complexity index is 632. The summed E-state index contributed by atoms with van der Waals surface area (Å²) < 4.78 is 5.30. The Kier molecular flexibility index (Phi) is 9.58. The Labute approximate surface area is 187 Å². The van der Waals surface area contributed by atoms with Crippen LogP contribution in [0.3, 0.4) is 0 Å². The third kappa shape index (κ3) is 6.37. The molecule has 1 heterocycles. The van der Waals surface area contributed by atoms with Gasteiger partial charge in [0.05, 0.1) is 6.54 Å². The van der Waals surface area contributed by atoms with Gasteiger partial charge in [-0.05, 0) is 49.3 Å². The van der Waals surface area contributed by atoms with Crippen molar-refractivity contribution in [2.24, 2.45) is 10.4 Å². The molecule has 0 saturated heterocycles. The van der Waals surface area contributed by atoms with E-state index >= 15 is 0 Å². The first-order chi connectivity index (χ1) is 13.2. The highest BCUT2D eigenvalue weighted by Crippen LogP contribution is 2.43. The van der Waals surface area contributed by atoms with Gasteiger partial charge in [0.15, 0.2) is 5.96 Å². The van der Waals surface area contributed by atoms with E-state index in [1.165, 1.54) is 30.5 Å². The van der Waals surface area contributed by atoms with Gasteiger partial charge in [-0.3, -0.25) is 0 Å². The number of hydrogen-bond donors (Lipinski definition) is 2. The number of nitrogens with zero attached hydrogens (tertiary/aromatic N) is 2. The molecule has 0 atom stereocenters. The second kappa shape index (κ2) is 11.7. The van der Waals surface area contributed by atoms with E-state index in [1.807, 2.05) is 0 Å². The fourth-order valence-electron chi connectivity index (χ4n) is 3.79. The highest BCUT2D eigenvalue weighted by molar-refractivity contribution is 14.0. The van der Waals surface area contributed by atoms with E-state index in [2.05, 4.69) is 58.9 Å². The van der Waals surface area contributed by atoms with Crippen LogP contribution in [0, 0.1) is 5.41 Å². The van der Waals surface area contributed by atoms with Gasteiger partial charge in [-0.2, -0.15) is 0 Å². The number of rotatable bonds is 9. The van der Waals surface area contributed by atoms with Crippen LogP contribution in [0.4, 0.5) is 5.69 Å². The van der Waals surface area contributed by atoms with E-state index < -0.39 is 0 Å². The Balaban J connectivity index is 0.00000280. The van der Waals surface area contributed by atoms with Crippen molar-refractivity contribution >= 4 is 35.6 Å². The van der Waals surface area contributed by atoms with Crippen LogP contribution in [0.2, 0.25) is 0 Å². The van der Waals surface area contributed by atoms with Gasteiger partial charge >= 0.3 is 0 Å². The molecule has 6 heteroatoms. The number of ether oxygens (including phenoxy) is 1. The molecule has 1 aliphatic carbocycles. The van der Waals surface area contributed by atoms with Gasteiger partial charge in [0, 0.05) is 45.6 Å². The lowest BCUT2D eigenvalue weighted by molar-refractivity contribution is 0.0732. The Morgan fingerprint density at radius 2 is 1.86 bits per heavy atom. The quantitative estimate of drug-likeness (QED) is 0.235. The van der Waals surface area contributed by atoms with Crippen molar-refractivity contribution in [1.82, 2.24) is 10.6 Å². The van der Waals surface area contributed by atoms with Crippen LogP contribution in [-0.2, 0) is 11.3 Å². The molecule has 2 aliphatic rings. The Morgan fingerprint density at radius 1 is 1.14 bits per heavy atom. The fraction of sp³-hybridized carbons (Fsp3) is 0.591. The SMILES string of the molecule is CCNC(=NCc1ccc(N2CC=CC2)cc1)NCC1(CCOC)CCC1.I. The summed E-state index contributed by atoms with van der Waals surface area (Å²) >= 11 is 0. The zero-order valence-electron chi connectivity index (χ0n) is 17.2.